The zero-order valence-corrected chi connectivity index (χ0v) is 20.2. The molecule has 3 aliphatic rings. The summed E-state index contributed by atoms with van der Waals surface area (Å²) in [5, 5.41) is 0. The molecule has 4 atom stereocenters. The molecule has 0 saturated heterocycles. The lowest BCUT2D eigenvalue weighted by Gasteiger charge is -2.48. The monoisotopic (exact) mass is 422 g/mol. The molecule has 0 amide bonds. The van der Waals surface area contributed by atoms with Crippen LogP contribution in [0.3, 0.4) is 0 Å². The first-order chi connectivity index (χ1) is 15.5. The maximum absolute atomic E-state index is 4.74. The van der Waals surface area contributed by atoms with E-state index in [-0.39, 0.29) is 0 Å². The first-order valence-corrected chi connectivity index (χ1v) is 12.7. The Morgan fingerprint density at radius 3 is 2.56 bits per heavy atom. The van der Waals surface area contributed by atoms with Gasteiger partial charge >= 0.3 is 0 Å². The number of hydrogen-bond donors (Lipinski definition) is 0. The predicted molar refractivity (Wildman–Crippen MR) is 137 cm³/mol. The second kappa shape index (κ2) is 8.54. The smallest absolute Gasteiger partial charge is 0.0162 e. The largest absolute Gasteiger partial charge is 0.0995 e. The van der Waals surface area contributed by atoms with Crippen LogP contribution in [0, 0.1) is 18.8 Å². The Labute approximate surface area is 195 Å². The molecule has 0 radical (unpaired) electrons. The van der Waals surface area contributed by atoms with Crippen molar-refractivity contribution >= 4 is 0 Å². The van der Waals surface area contributed by atoms with Crippen molar-refractivity contribution in [2.45, 2.75) is 77.6 Å². The van der Waals surface area contributed by atoms with Crippen LogP contribution in [-0.2, 0) is 12.8 Å². The van der Waals surface area contributed by atoms with Crippen molar-refractivity contribution in [1.29, 1.82) is 0 Å². The topological polar surface area (TPSA) is 0 Å². The molecule has 2 aromatic carbocycles. The lowest BCUT2D eigenvalue weighted by molar-refractivity contribution is 0.240. The molecule has 0 spiro atoms. The van der Waals surface area contributed by atoms with E-state index in [1.54, 1.807) is 22.3 Å². The summed E-state index contributed by atoms with van der Waals surface area (Å²) in [6.07, 6.45) is 8.50. The van der Waals surface area contributed by atoms with Crippen LogP contribution in [0.25, 0.3) is 0 Å². The molecule has 0 aliphatic heterocycles. The first kappa shape index (κ1) is 21.5. The molecule has 32 heavy (non-hydrogen) atoms. The average Bonchev–Trinajstić information content (AvgIpc) is 3.26. The lowest BCUT2D eigenvalue weighted by Crippen LogP contribution is -2.35. The molecule has 166 valence electrons. The summed E-state index contributed by atoms with van der Waals surface area (Å²) in [5.41, 5.74) is 13.5. The van der Waals surface area contributed by atoms with E-state index in [1.807, 2.05) is 0 Å². The van der Waals surface area contributed by atoms with E-state index < -0.39 is 0 Å². The summed E-state index contributed by atoms with van der Waals surface area (Å²) < 4.78 is 0. The highest BCUT2D eigenvalue weighted by Gasteiger charge is 2.44. The van der Waals surface area contributed by atoms with Crippen LogP contribution in [0.1, 0.15) is 85.6 Å². The van der Waals surface area contributed by atoms with E-state index in [2.05, 4.69) is 69.8 Å². The summed E-state index contributed by atoms with van der Waals surface area (Å²) in [6.45, 7) is 16.2. The highest BCUT2D eigenvalue weighted by Crippen LogP contribution is 2.57. The number of fused-ring (bicyclic) bond motifs is 2. The molecule has 0 aromatic heterocycles. The van der Waals surface area contributed by atoms with Crippen LogP contribution in [0.2, 0.25) is 0 Å². The van der Waals surface area contributed by atoms with Crippen molar-refractivity contribution in [1.82, 2.24) is 0 Å². The standard InChI is InChI=1S/C32H38/c1-6-20(2)30-22(4)17-28-19-27(26-15-14-24-11-9-12-25(24)18-26)16-23(5)31(28)32(30)29-13-8-7-10-21(29)3/h7-8,10,13-15,18,27-28,31-32H,2,5-6,9,11-12,16-17,19H2,1,3-4H3. The van der Waals surface area contributed by atoms with Gasteiger partial charge in [0.05, 0.1) is 0 Å². The molecule has 5 rings (SSSR count). The Balaban J connectivity index is 1.53. The average molecular weight is 423 g/mol. The Hall–Kier alpha value is -2.34. The maximum atomic E-state index is 4.74. The second-order valence-corrected chi connectivity index (χ2v) is 10.7. The number of allylic oxidation sites excluding steroid dienone is 4. The summed E-state index contributed by atoms with van der Waals surface area (Å²) in [6, 6.07) is 16.4. The van der Waals surface area contributed by atoms with E-state index in [0.717, 1.165) is 12.8 Å². The Kier molecular flexibility index (Phi) is 5.74. The van der Waals surface area contributed by atoms with Gasteiger partial charge < -0.3 is 0 Å². The van der Waals surface area contributed by atoms with Crippen LogP contribution in [0.15, 0.2) is 77.9 Å². The second-order valence-electron chi connectivity index (χ2n) is 10.7. The van der Waals surface area contributed by atoms with Gasteiger partial charge in [-0.2, -0.15) is 0 Å². The quantitative estimate of drug-likeness (QED) is 0.433. The fourth-order valence-corrected chi connectivity index (χ4v) is 7.14. The van der Waals surface area contributed by atoms with Crippen molar-refractivity contribution < 1.29 is 0 Å². The maximum Gasteiger partial charge on any atom is 0.0162 e. The van der Waals surface area contributed by atoms with Gasteiger partial charge in [0.15, 0.2) is 0 Å². The van der Waals surface area contributed by atoms with Gasteiger partial charge in [-0.05, 0) is 110 Å². The zero-order valence-electron chi connectivity index (χ0n) is 20.2. The third-order valence-corrected chi connectivity index (χ3v) is 8.70. The van der Waals surface area contributed by atoms with Gasteiger partial charge in [0.1, 0.15) is 0 Å². The molecule has 3 aliphatic carbocycles. The molecule has 0 nitrogen and oxygen atoms in total. The molecule has 0 bridgehead atoms. The highest BCUT2D eigenvalue weighted by molar-refractivity contribution is 5.50. The van der Waals surface area contributed by atoms with Gasteiger partial charge in [-0.1, -0.05) is 79.3 Å². The lowest BCUT2D eigenvalue weighted by atomic mass is 9.56. The summed E-state index contributed by atoms with van der Waals surface area (Å²) in [5.74, 6) is 2.24. The van der Waals surface area contributed by atoms with Gasteiger partial charge in [-0.15, -0.1) is 0 Å². The summed E-state index contributed by atoms with van der Waals surface area (Å²) >= 11 is 0. The van der Waals surface area contributed by atoms with Crippen LogP contribution in [-0.4, -0.2) is 0 Å². The first-order valence-electron chi connectivity index (χ1n) is 12.7. The van der Waals surface area contributed by atoms with Gasteiger partial charge in [-0.25, -0.2) is 0 Å². The molecule has 1 fully saturated rings. The fourth-order valence-electron chi connectivity index (χ4n) is 7.14. The SMILES string of the molecule is C=C(CC)C1=C(C)CC2CC(c3ccc4c(c3)CCC4)CC(=C)C2C1c1ccccc1C. The van der Waals surface area contributed by atoms with Crippen molar-refractivity contribution in [2.24, 2.45) is 11.8 Å². The van der Waals surface area contributed by atoms with E-state index in [9.17, 15) is 0 Å². The van der Waals surface area contributed by atoms with Crippen molar-refractivity contribution in [3.8, 4) is 0 Å². The van der Waals surface area contributed by atoms with E-state index in [4.69, 9.17) is 6.58 Å². The minimum atomic E-state index is 0.413. The van der Waals surface area contributed by atoms with Gasteiger partial charge in [0.2, 0.25) is 0 Å². The van der Waals surface area contributed by atoms with Crippen molar-refractivity contribution in [2.75, 3.05) is 0 Å². The van der Waals surface area contributed by atoms with Crippen molar-refractivity contribution in [3.63, 3.8) is 0 Å². The van der Waals surface area contributed by atoms with E-state index in [0.29, 0.717) is 23.7 Å². The Morgan fingerprint density at radius 2 is 1.78 bits per heavy atom. The highest BCUT2D eigenvalue weighted by atomic mass is 14.5. The zero-order chi connectivity index (χ0) is 22.4. The molecule has 4 unspecified atom stereocenters. The van der Waals surface area contributed by atoms with Gasteiger partial charge in [-0.3, -0.25) is 0 Å². The van der Waals surface area contributed by atoms with Gasteiger partial charge in [0.25, 0.3) is 0 Å². The van der Waals surface area contributed by atoms with E-state index in [1.165, 1.54) is 60.0 Å². The minimum absolute atomic E-state index is 0.413. The molecular weight excluding hydrogens is 384 g/mol. The molecule has 0 heteroatoms. The molecule has 0 heterocycles. The number of rotatable bonds is 4. The number of aryl methyl sites for hydroxylation is 3. The van der Waals surface area contributed by atoms with E-state index >= 15 is 0 Å². The van der Waals surface area contributed by atoms with Crippen LogP contribution >= 0.6 is 0 Å². The van der Waals surface area contributed by atoms with Crippen LogP contribution in [0.4, 0.5) is 0 Å². The Bertz CT molecular complexity index is 1090. The number of benzene rings is 2. The summed E-state index contributed by atoms with van der Waals surface area (Å²) in [7, 11) is 0. The Morgan fingerprint density at radius 1 is 1.00 bits per heavy atom. The summed E-state index contributed by atoms with van der Waals surface area (Å²) in [4.78, 5) is 0. The third kappa shape index (κ3) is 3.62. The third-order valence-electron chi connectivity index (χ3n) is 8.70. The molecule has 2 aromatic rings. The van der Waals surface area contributed by atoms with Crippen molar-refractivity contribution in [3.05, 3.63) is 106 Å². The molecule has 1 saturated carbocycles. The molecule has 0 N–H and O–H groups in total. The molecular formula is C32H38. The van der Waals surface area contributed by atoms with Crippen LogP contribution in [0.5, 0.6) is 0 Å². The van der Waals surface area contributed by atoms with Gasteiger partial charge in [0, 0.05) is 5.92 Å². The number of hydrogen-bond acceptors (Lipinski definition) is 0. The minimum Gasteiger partial charge on any atom is -0.0995 e. The predicted octanol–water partition coefficient (Wildman–Crippen LogP) is 8.62. The normalized spacial score (nSPS) is 27.3. The fraction of sp³-hybridized carbons (Fsp3) is 0.438. The van der Waals surface area contributed by atoms with Crippen LogP contribution < -0.4 is 0 Å².